The van der Waals surface area contributed by atoms with Crippen molar-refractivity contribution < 1.29 is 41.0 Å². The van der Waals surface area contributed by atoms with Gasteiger partial charge in [0.1, 0.15) is 17.6 Å². The highest BCUT2D eigenvalue weighted by Crippen LogP contribution is 2.30. The maximum Gasteiger partial charge on any atom is 0.573 e. The van der Waals surface area contributed by atoms with Gasteiger partial charge in [0.25, 0.3) is 0 Å². The molecule has 0 aliphatic heterocycles. The number of nitrogens with zero attached hydrogens (tertiary/aromatic N) is 1. The van der Waals surface area contributed by atoms with E-state index in [4.69, 9.17) is 4.74 Å². The van der Waals surface area contributed by atoms with Crippen LogP contribution in [0.3, 0.4) is 0 Å². The smallest absolute Gasteiger partial charge is 0.462 e. The zero-order valence-corrected chi connectivity index (χ0v) is 18.0. The van der Waals surface area contributed by atoms with Crippen LogP contribution in [0.2, 0.25) is 0 Å². The number of esters is 1. The molecule has 1 heterocycles. The third-order valence-electron chi connectivity index (χ3n) is 4.50. The number of halogens is 5. The van der Waals surface area contributed by atoms with Gasteiger partial charge in [-0.25, -0.2) is 18.4 Å². The molecule has 0 saturated carbocycles. The molecule has 2 N–H and O–H groups in total. The fraction of sp³-hybridized carbons (Fsp3) is 0.174. The van der Waals surface area contributed by atoms with E-state index in [1.54, 1.807) is 6.92 Å². The molecule has 3 rings (SSSR count). The Hall–Kier alpha value is -4.22. The summed E-state index contributed by atoms with van der Waals surface area (Å²) < 4.78 is 74.5. The monoisotopic (exact) mass is 495 g/mol. The summed E-state index contributed by atoms with van der Waals surface area (Å²) in [6, 6.07) is 8.21. The molecule has 0 saturated heterocycles. The van der Waals surface area contributed by atoms with Gasteiger partial charge >= 0.3 is 18.4 Å². The second-order valence-electron chi connectivity index (χ2n) is 6.94. The number of aromatic nitrogens is 1. The molecule has 2 aromatic carbocycles. The Kier molecular flexibility index (Phi) is 7.84. The molecule has 0 spiro atoms. The van der Waals surface area contributed by atoms with Gasteiger partial charge in [-0.1, -0.05) is 6.07 Å². The highest BCUT2D eigenvalue weighted by Gasteiger charge is 2.33. The number of benzene rings is 2. The van der Waals surface area contributed by atoms with E-state index in [1.165, 1.54) is 36.5 Å². The van der Waals surface area contributed by atoms with Crippen LogP contribution in [0.5, 0.6) is 5.75 Å². The standard InChI is InChI=1S/C23H18F5N3O4/c1-2-34-21(32)13-5-8-15(9-6-13)30-22(33)31-19(20-16(24)4-3-11-29-20)14-7-10-18(17(25)12-14)35-23(26,27)28/h3-12,19H,2H2,1H3,(H2,30,31,33). The fourth-order valence-electron chi connectivity index (χ4n) is 3.03. The second-order valence-corrected chi connectivity index (χ2v) is 6.94. The number of ether oxygens (including phenoxy) is 2. The van der Waals surface area contributed by atoms with E-state index in [0.717, 1.165) is 12.1 Å². The molecule has 3 aromatic rings. The topological polar surface area (TPSA) is 89.5 Å². The van der Waals surface area contributed by atoms with Crippen LogP contribution in [0.1, 0.15) is 34.6 Å². The molecule has 0 radical (unpaired) electrons. The lowest BCUT2D eigenvalue weighted by Gasteiger charge is -2.20. The minimum absolute atomic E-state index is 0.0950. The Balaban J connectivity index is 1.84. The normalized spacial score (nSPS) is 11.9. The Labute approximate surface area is 195 Å². The van der Waals surface area contributed by atoms with Gasteiger partial charge in [0.15, 0.2) is 11.6 Å². The van der Waals surface area contributed by atoms with Crippen molar-refractivity contribution in [2.24, 2.45) is 0 Å². The molecule has 1 atom stereocenters. The van der Waals surface area contributed by atoms with Crippen molar-refractivity contribution in [2.75, 3.05) is 11.9 Å². The number of urea groups is 1. The number of amides is 2. The molecule has 35 heavy (non-hydrogen) atoms. The Morgan fingerprint density at radius 3 is 2.34 bits per heavy atom. The molecule has 184 valence electrons. The van der Waals surface area contributed by atoms with Gasteiger partial charge in [-0.3, -0.25) is 4.98 Å². The van der Waals surface area contributed by atoms with Crippen molar-refractivity contribution in [2.45, 2.75) is 19.3 Å². The SMILES string of the molecule is CCOC(=O)c1ccc(NC(=O)NC(c2ccc(OC(F)(F)F)c(F)c2)c2ncccc2F)cc1. The Morgan fingerprint density at radius 2 is 1.74 bits per heavy atom. The third kappa shape index (κ3) is 6.88. The summed E-state index contributed by atoms with van der Waals surface area (Å²) in [5.74, 6) is -3.85. The lowest BCUT2D eigenvalue weighted by atomic mass is 10.0. The fourth-order valence-corrected chi connectivity index (χ4v) is 3.03. The third-order valence-corrected chi connectivity index (χ3v) is 4.50. The first-order valence-corrected chi connectivity index (χ1v) is 10.1. The number of anilines is 1. The van der Waals surface area contributed by atoms with E-state index in [-0.39, 0.29) is 29.1 Å². The predicted molar refractivity (Wildman–Crippen MR) is 114 cm³/mol. The van der Waals surface area contributed by atoms with Gasteiger partial charge < -0.3 is 20.1 Å². The molecular weight excluding hydrogens is 477 g/mol. The lowest BCUT2D eigenvalue weighted by molar-refractivity contribution is -0.275. The van der Waals surface area contributed by atoms with Crippen LogP contribution in [-0.4, -0.2) is 30.0 Å². The van der Waals surface area contributed by atoms with Crippen molar-refractivity contribution in [3.05, 3.63) is 89.2 Å². The average molecular weight is 495 g/mol. The summed E-state index contributed by atoms with van der Waals surface area (Å²) in [6.45, 7) is 1.85. The molecule has 1 aromatic heterocycles. The Morgan fingerprint density at radius 1 is 1.03 bits per heavy atom. The first-order chi connectivity index (χ1) is 16.6. The van der Waals surface area contributed by atoms with Crippen molar-refractivity contribution in [3.8, 4) is 5.75 Å². The summed E-state index contributed by atoms with van der Waals surface area (Å²) in [5.41, 5.74) is 0.116. The molecule has 0 aliphatic rings. The zero-order chi connectivity index (χ0) is 25.6. The number of rotatable bonds is 7. The summed E-state index contributed by atoms with van der Waals surface area (Å²) in [5, 5.41) is 4.88. The minimum Gasteiger partial charge on any atom is -0.462 e. The number of alkyl halides is 3. The molecule has 0 bridgehead atoms. The van der Waals surface area contributed by atoms with Gasteiger partial charge in [0.2, 0.25) is 0 Å². The highest BCUT2D eigenvalue weighted by atomic mass is 19.4. The maximum absolute atomic E-state index is 14.4. The molecule has 2 amide bonds. The maximum atomic E-state index is 14.4. The van der Waals surface area contributed by atoms with Gasteiger partial charge in [-0.05, 0) is 61.0 Å². The van der Waals surface area contributed by atoms with E-state index in [9.17, 15) is 31.5 Å². The number of nitrogens with one attached hydrogen (secondary N) is 2. The van der Waals surface area contributed by atoms with Crippen LogP contribution in [0.4, 0.5) is 32.4 Å². The summed E-state index contributed by atoms with van der Waals surface area (Å²) in [4.78, 5) is 28.2. The number of hydrogen-bond donors (Lipinski definition) is 2. The van der Waals surface area contributed by atoms with E-state index in [0.29, 0.717) is 12.1 Å². The number of carbonyl (C=O) groups excluding carboxylic acids is 2. The molecule has 0 aliphatic carbocycles. The van der Waals surface area contributed by atoms with Gasteiger partial charge in [0, 0.05) is 11.9 Å². The van der Waals surface area contributed by atoms with E-state index >= 15 is 0 Å². The van der Waals surface area contributed by atoms with E-state index < -0.39 is 41.8 Å². The van der Waals surface area contributed by atoms with Crippen LogP contribution < -0.4 is 15.4 Å². The van der Waals surface area contributed by atoms with Crippen LogP contribution in [0.25, 0.3) is 0 Å². The first kappa shape index (κ1) is 25.4. The predicted octanol–water partition coefficient (Wildman–Crippen LogP) is 5.35. The van der Waals surface area contributed by atoms with Crippen LogP contribution >= 0.6 is 0 Å². The van der Waals surface area contributed by atoms with Crippen molar-refractivity contribution in [1.29, 1.82) is 0 Å². The van der Waals surface area contributed by atoms with Gasteiger partial charge in [0.05, 0.1) is 12.2 Å². The number of pyridine rings is 1. The lowest BCUT2D eigenvalue weighted by Crippen LogP contribution is -2.34. The number of carbonyl (C=O) groups is 2. The highest BCUT2D eigenvalue weighted by molar-refractivity contribution is 5.92. The van der Waals surface area contributed by atoms with Crippen LogP contribution in [0, 0.1) is 11.6 Å². The first-order valence-electron chi connectivity index (χ1n) is 10.1. The molecular formula is C23H18F5N3O4. The van der Waals surface area contributed by atoms with E-state index in [1.807, 2.05) is 0 Å². The average Bonchev–Trinajstić information content (AvgIpc) is 2.79. The van der Waals surface area contributed by atoms with Crippen LogP contribution in [0.15, 0.2) is 60.8 Å². The second kappa shape index (κ2) is 10.8. The summed E-state index contributed by atoms with van der Waals surface area (Å²) in [7, 11) is 0. The summed E-state index contributed by atoms with van der Waals surface area (Å²) in [6.07, 6.45) is -3.88. The van der Waals surface area contributed by atoms with Crippen molar-refractivity contribution in [3.63, 3.8) is 0 Å². The van der Waals surface area contributed by atoms with Crippen LogP contribution in [-0.2, 0) is 4.74 Å². The van der Waals surface area contributed by atoms with Crippen molar-refractivity contribution >= 4 is 17.7 Å². The minimum atomic E-state index is -5.12. The Bertz CT molecular complexity index is 1200. The largest absolute Gasteiger partial charge is 0.573 e. The summed E-state index contributed by atoms with van der Waals surface area (Å²) >= 11 is 0. The zero-order valence-electron chi connectivity index (χ0n) is 18.0. The number of hydrogen-bond acceptors (Lipinski definition) is 5. The van der Waals surface area contributed by atoms with Gasteiger partial charge in [-0.2, -0.15) is 0 Å². The quantitative estimate of drug-likeness (QED) is 0.341. The van der Waals surface area contributed by atoms with Gasteiger partial charge in [-0.15, -0.1) is 13.2 Å². The molecule has 1 unspecified atom stereocenters. The molecule has 7 nitrogen and oxygen atoms in total. The van der Waals surface area contributed by atoms with Crippen molar-refractivity contribution in [1.82, 2.24) is 10.3 Å². The van der Waals surface area contributed by atoms with E-state index in [2.05, 4.69) is 20.4 Å². The molecule has 0 fully saturated rings. The molecule has 12 heteroatoms.